The molecule has 0 aliphatic heterocycles. The number of halogens is 1. The molecule has 3 rings (SSSR count). The second-order valence-electron chi connectivity index (χ2n) is 6.24. The van der Waals surface area contributed by atoms with Crippen molar-refractivity contribution < 1.29 is 9.59 Å². The van der Waals surface area contributed by atoms with Gasteiger partial charge in [0, 0.05) is 17.0 Å². The molecule has 0 radical (unpaired) electrons. The lowest BCUT2D eigenvalue weighted by molar-refractivity contribution is -0.130. The molecule has 0 fully saturated rings. The molecule has 28 heavy (non-hydrogen) atoms. The van der Waals surface area contributed by atoms with Gasteiger partial charge in [-0.1, -0.05) is 54.1 Å². The average Bonchev–Trinajstić information content (AvgIpc) is 3.15. The van der Waals surface area contributed by atoms with E-state index in [-0.39, 0.29) is 18.4 Å². The van der Waals surface area contributed by atoms with Gasteiger partial charge in [0.2, 0.25) is 5.91 Å². The van der Waals surface area contributed by atoms with Crippen molar-refractivity contribution in [1.29, 1.82) is 0 Å². The summed E-state index contributed by atoms with van der Waals surface area (Å²) < 4.78 is 0.700. The van der Waals surface area contributed by atoms with E-state index in [1.165, 1.54) is 11.3 Å². The molecule has 1 heterocycles. The van der Waals surface area contributed by atoms with Crippen molar-refractivity contribution in [3.63, 3.8) is 0 Å². The summed E-state index contributed by atoms with van der Waals surface area (Å²) in [6.07, 6.45) is 0. The summed E-state index contributed by atoms with van der Waals surface area (Å²) in [4.78, 5) is 27.5. The first-order valence-electron chi connectivity index (χ1n) is 9.02. The molecular weight excluding hydrogens is 392 g/mol. The summed E-state index contributed by atoms with van der Waals surface area (Å²) in [5.41, 5.74) is 2.66. The Hall–Kier alpha value is -2.63. The molecule has 0 saturated carbocycles. The molecule has 0 atom stereocenters. The molecule has 2 amide bonds. The number of thiophene rings is 1. The van der Waals surface area contributed by atoms with Crippen molar-refractivity contribution in [2.24, 2.45) is 0 Å². The highest BCUT2D eigenvalue weighted by molar-refractivity contribution is 7.16. The SMILES string of the molecule is CCN(Cc1ccc(Cl)s1)C(=O)CNC(=O)c1ccc(-c2ccccc2)cc1. The van der Waals surface area contributed by atoms with E-state index in [0.717, 1.165) is 16.0 Å². The normalized spacial score (nSPS) is 10.5. The van der Waals surface area contributed by atoms with E-state index in [9.17, 15) is 9.59 Å². The number of hydrogen-bond donors (Lipinski definition) is 1. The van der Waals surface area contributed by atoms with Crippen molar-refractivity contribution in [2.45, 2.75) is 13.5 Å². The van der Waals surface area contributed by atoms with Crippen molar-refractivity contribution in [3.8, 4) is 11.1 Å². The average molecular weight is 413 g/mol. The Bertz CT molecular complexity index is 939. The molecule has 2 aromatic carbocycles. The van der Waals surface area contributed by atoms with Gasteiger partial charge in [0.15, 0.2) is 0 Å². The van der Waals surface area contributed by atoms with Crippen LogP contribution in [0, 0.1) is 0 Å². The number of hydrogen-bond acceptors (Lipinski definition) is 3. The number of benzene rings is 2. The van der Waals surface area contributed by atoms with E-state index in [1.807, 2.05) is 61.5 Å². The molecule has 1 aromatic heterocycles. The zero-order valence-corrected chi connectivity index (χ0v) is 17.1. The molecule has 0 saturated heterocycles. The molecule has 0 aliphatic rings. The third-order valence-corrected chi connectivity index (χ3v) is 5.58. The maximum Gasteiger partial charge on any atom is 0.251 e. The van der Waals surface area contributed by atoms with Crippen molar-refractivity contribution in [3.05, 3.63) is 81.5 Å². The van der Waals surface area contributed by atoms with Gasteiger partial charge in [-0.2, -0.15) is 0 Å². The summed E-state index contributed by atoms with van der Waals surface area (Å²) >= 11 is 7.40. The number of nitrogens with one attached hydrogen (secondary N) is 1. The van der Waals surface area contributed by atoms with Crippen molar-refractivity contribution in [1.82, 2.24) is 10.2 Å². The van der Waals surface area contributed by atoms with Gasteiger partial charge in [-0.25, -0.2) is 0 Å². The minimum atomic E-state index is -0.261. The van der Waals surface area contributed by atoms with Crippen LogP contribution < -0.4 is 5.32 Å². The van der Waals surface area contributed by atoms with Gasteiger partial charge in [0.1, 0.15) is 0 Å². The van der Waals surface area contributed by atoms with E-state index in [4.69, 9.17) is 11.6 Å². The van der Waals surface area contributed by atoms with E-state index >= 15 is 0 Å². The van der Waals surface area contributed by atoms with Crippen LogP contribution in [0.2, 0.25) is 4.34 Å². The standard InChI is InChI=1S/C22H21ClN2O2S/c1-2-25(15-19-12-13-20(23)28-19)21(26)14-24-22(27)18-10-8-17(9-11-18)16-6-4-3-5-7-16/h3-13H,2,14-15H2,1H3,(H,24,27). The highest BCUT2D eigenvalue weighted by Gasteiger charge is 2.15. The fraction of sp³-hybridized carbons (Fsp3) is 0.182. The highest BCUT2D eigenvalue weighted by atomic mass is 35.5. The monoisotopic (exact) mass is 412 g/mol. The second kappa shape index (κ2) is 9.53. The summed E-state index contributed by atoms with van der Waals surface area (Å²) in [7, 11) is 0. The third kappa shape index (κ3) is 5.21. The quantitative estimate of drug-likeness (QED) is 0.603. The molecule has 1 N–H and O–H groups in total. The Morgan fingerprint density at radius 2 is 1.64 bits per heavy atom. The predicted octanol–water partition coefficient (Wildman–Crippen LogP) is 4.85. The Morgan fingerprint density at radius 3 is 2.25 bits per heavy atom. The van der Waals surface area contributed by atoms with Crippen LogP contribution in [0.5, 0.6) is 0 Å². The van der Waals surface area contributed by atoms with E-state index in [2.05, 4.69) is 5.32 Å². The van der Waals surface area contributed by atoms with E-state index in [0.29, 0.717) is 23.0 Å². The van der Waals surface area contributed by atoms with Crippen LogP contribution in [-0.4, -0.2) is 29.8 Å². The number of rotatable bonds is 7. The number of carbonyl (C=O) groups is 2. The van der Waals surface area contributed by atoms with Gasteiger partial charge in [0.05, 0.1) is 17.4 Å². The molecular formula is C22H21ClN2O2S. The highest BCUT2D eigenvalue weighted by Crippen LogP contribution is 2.22. The van der Waals surface area contributed by atoms with Crippen molar-refractivity contribution in [2.75, 3.05) is 13.1 Å². The van der Waals surface area contributed by atoms with E-state index in [1.54, 1.807) is 17.0 Å². The topological polar surface area (TPSA) is 49.4 Å². The van der Waals surface area contributed by atoms with Gasteiger partial charge in [-0.05, 0) is 42.3 Å². The van der Waals surface area contributed by atoms with Gasteiger partial charge in [0.25, 0.3) is 5.91 Å². The largest absolute Gasteiger partial charge is 0.343 e. The molecule has 0 spiro atoms. The molecule has 6 heteroatoms. The Kier molecular flexibility index (Phi) is 6.85. The first kappa shape index (κ1) is 20.1. The van der Waals surface area contributed by atoms with Crippen LogP contribution in [0.3, 0.4) is 0 Å². The van der Waals surface area contributed by atoms with Crippen LogP contribution in [-0.2, 0) is 11.3 Å². The van der Waals surface area contributed by atoms with Crippen LogP contribution in [0.1, 0.15) is 22.2 Å². The van der Waals surface area contributed by atoms with Crippen LogP contribution in [0.25, 0.3) is 11.1 Å². The van der Waals surface area contributed by atoms with Crippen LogP contribution in [0.15, 0.2) is 66.7 Å². The Labute approximate surface area is 173 Å². The zero-order chi connectivity index (χ0) is 19.9. The summed E-state index contributed by atoms with van der Waals surface area (Å²) in [5.74, 6) is -0.385. The maximum absolute atomic E-state index is 12.4. The van der Waals surface area contributed by atoms with E-state index < -0.39 is 0 Å². The minimum absolute atomic E-state index is 0.0355. The fourth-order valence-corrected chi connectivity index (χ4v) is 3.92. The predicted molar refractivity (Wildman–Crippen MR) is 115 cm³/mol. The van der Waals surface area contributed by atoms with Crippen molar-refractivity contribution >= 4 is 34.8 Å². The lowest BCUT2D eigenvalue weighted by Crippen LogP contribution is -2.39. The van der Waals surface area contributed by atoms with Gasteiger partial charge >= 0.3 is 0 Å². The third-order valence-electron chi connectivity index (χ3n) is 4.36. The molecule has 0 unspecified atom stereocenters. The number of likely N-dealkylation sites (N-methyl/N-ethyl adjacent to an activating group) is 1. The lowest BCUT2D eigenvalue weighted by atomic mass is 10.0. The minimum Gasteiger partial charge on any atom is -0.343 e. The molecule has 0 aliphatic carbocycles. The first-order valence-corrected chi connectivity index (χ1v) is 10.2. The first-order chi connectivity index (χ1) is 13.6. The Morgan fingerprint density at radius 1 is 0.964 bits per heavy atom. The lowest BCUT2D eigenvalue weighted by Gasteiger charge is -2.20. The molecule has 4 nitrogen and oxygen atoms in total. The molecule has 0 bridgehead atoms. The van der Waals surface area contributed by atoms with Gasteiger partial charge in [-0.15, -0.1) is 11.3 Å². The number of nitrogens with zero attached hydrogens (tertiary/aromatic N) is 1. The summed E-state index contributed by atoms with van der Waals surface area (Å²) in [6.45, 7) is 2.94. The number of amides is 2. The molecule has 3 aromatic rings. The van der Waals surface area contributed by atoms with Gasteiger partial charge < -0.3 is 10.2 Å². The smallest absolute Gasteiger partial charge is 0.251 e. The fourth-order valence-electron chi connectivity index (χ4n) is 2.82. The Balaban J connectivity index is 1.56. The summed E-state index contributed by atoms with van der Waals surface area (Å²) in [5, 5.41) is 2.71. The second-order valence-corrected chi connectivity index (χ2v) is 8.04. The molecule has 144 valence electrons. The summed E-state index contributed by atoms with van der Waals surface area (Å²) in [6, 6.07) is 21.1. The number of carbonyl (C=O) groups excluding carboxylic acids is 2. The van der Waals surface area contributed by atoms with Gasteiger partial charge in [-0.3, -0.25) is 9.59 Å². The maximum atomic E-state index is 12.4. The zero-order valence-electron chi connectivity index (χ0n) is 15.5. The van der Waals surface area contributed by atoms with Crippen LogP contribution >= 0.6 is 22.9 Å². The van der Waals surface area contributed by atoms with Crippen LogP contribution in [0.4, 0.5) is 0 Å².